The van der Waals surface area contributed by atoms with E-state index in [1.807, 2.05) is 6.07 Å². The van der Waals surface area contributed by atoms with Gasteiger partial charge in [-0.1, -0.05) is 11.6 Å². The van der Waals surface area contributed by atoms with Gasteiger partial charge in [0.2, 0.25) is 5.89 Å². The Kier molecular flexibility index (Phi) is 3.79. The fraction of sp³-hybridized carbons (Fsp3) is 0.0625. The van der Waals surface area contributed by atoms with Crippen molar-refractivity contribution in [3.05, 3.63) is 52.1 Å². The Morgan fingerprint density at radius 2 is 2.17 bits per heavy atom. The molecule has 0 saturated heterocycles. The van der Waals surface area contributed by atoms with Crippen molar-refractivity contribution in [2.24, 2.45) is 0 Å². The number of rotatable bonds is 4. The molecule has 4 aromatic rings. The minimum Gasteiger partial charge on any atom is -0.507 e. The maximum atomic E-state index is 10.3. The van der Waals surface area contributed by atoms with E-state index in [1.54, 1.807) is 36.7 Å². The second kappa shape index (κ2) is 6.10. The number of anilines is 1. The molecule has 6 nitrogen and oxygen atoms in total. The summed E-state index contributed by atoms with van der Waals surface area (Å²) in [7, 11) is 0. The van der Waals surface area contributed by atoms with Gasteiger partial charge < -0.3 is 14.8 Å². The summed E-state index contributed by atoms with van der Waals surface area (Å²) in [5.41, 5.74) is 2.38. The van der Waals surface area contributed by atoms with E-state index in [0.29, 0.717) is 33.7 Å². The Labute approximate surface area is 145 Å². The standard InChI is InChI=1S/C16H11ClN4O2S/c17-16-20-8-10(24-16)7-19-9-3-4-11(12(22)6-9)15-21-14-13(23-15)2-1-5-18-14/h1-6,8,19,22H,7H2. The summed E-state index contributed by atoms with van der Waals surface area (Å²) in [6.45, 7) is 0.579. The molecule has 0 radical (unpaired) electrons. The minimum atomic E-state index is 0.0777. The van der Waals surface area contributed by atoms with Crippen LogP contribution in [-0.4, -0.2) is 20.1 Å². The number of hydrogen-bond donors (Lipinski definition) is 2. The highest BCUT2D eigenvalue weighted by atomic mass is 35.5. The zero-order valence-electron chi connectivity index (χ0n) is 12.2. The maximum absolute atomic E-state index is 10.3. The molecule has 4 rings (SSSR count). The first-order valence-electron chi connectivity index (χ1n) is 7.08. The van der Waals surface area contributed by atoms with E-state index in [9.17, 15) is 5.11 Å². The fourth-order valence-corrected chi connectivity index (χ4v) is 3.18. The summed E-state index contributed by atoms with van der Waals surface area (Å²) < 4.78 is 6.14. The highest BCUT2D eigenvalue weighted by molar-refractivity contribution is 7.15. The van der Waals surface area contributed by atoms with Crippen LogP contribution in [0.1, 0.15) is 4.88 Å². The third-order valence-electron chi connectivity index (χ3n) is 3.39. The lowest BCUT2D eigenvalue weighted by Gasteiger charge is -2.07. The zero-order chi connectivity index (χ0) is 16.5. The summed E-state index contributed by atoms with van der Waals surface area (Å²) in [6.07, 6.45) is 3.37. The van der Waals surface area contributed by atoms with Crippen molar-refractivity contribution in [3.8, 4) is 17.2 Å². The number of halogens is 1. The van der Waals surface area contributed by atoms with Gasteiger partial charge in [0.15, 0.2) is 15.7 Å². The van der Waals surface area contributed by atoms with Crippen LogP contribution in [-0.2, 0) is 6.54 Å². The lowest BCUT2D eigenvalue weighted by atomic mass is 10.2. The van der Waals surface area contributed by atoms with Crippen molar-refractivity contribution >= 4 is 39.9 Å². The van der Waals surface area contributed by atoms with Gasteiger partial charge in [-0.3, -0.25) is 0 Å². The van der Waals surface area contributed by atoms with Crippen LogP contribution in [0.15, 0.2) is 47.1 Å². The monoisotopic (exact) mass is 358 g/mol. The number of benzene rings is 1. The summed E-state index contributed by atoms with van der Waals surface area (Å²) >= 11 is 7.22. The van der Waals surface area contributed by atoms with Gasteiger partial charge in [-0.15, -0.1) is 11.3 Å². The molecule has 0 aliphatic heterocycles. The summed E-state index contributed by atoms with van der Waals surface area (Å²) in [6, 6.07) is 8.78. The summed E-state index contributed by atoms with van der Waals surface area (Å²) in [5.74, 6) is 0.413. The smallest absolute Gasteiger partial charge is 0.232 e. The summed E-state index contributed by atoms with van der Waals surface area (Å²) in [5, 5.41) is 13.5. The molecule has 0 fully saturated rings. The van der Waals surface area contributed by atoms with Gasteiger partial charge in [0.1, 0.15) is 5.75 Å². The fourth-order valence-electron chi connectivity index (χ4n) is 2.26. The number of nitrogens with zero attached hydrogens (tertiary/aromatic N) is 3. The van der Waals surface area contributed by atoms with Crippen LogP contribution in [0.4, 0.5) is 5.69 Å². The number of aromatic nitrogens is 3. The summed E-state index contributed by atoms with van der Waals surface area (Å²) in [4.78, 5) is 13.4. The highest BCUT2D eigenvalue weighted by Crippen LogP contribution is 2.32. The molecule has 0 spiro atoms. The van der Waals surface area contributed by atoms with Crippen molar-refractivity contribution in [3.63, 3.8) is 0 Å². The van der Waals surface area contributed by atoms with Gasteiger partial charge in [0.25, 0.3) is 0 Å². The zero-order valence-corrected chi connectivity index (χ0v) is 13.8. The van der Waals surface area contributed by atoms with Crippen molar-refractivity contribution in [1.29, 1.82) is 0 Å². The van der Waals surface area contributed by atoms with Crippen LogP contribution >= 0.6 is 22.9 Å². The number of phenols is 1. The topological polar surface area (TPSA) is 84.1 Å². The van der Waals surface area contributed by atoms with Crippen LogP contribution < -0.4 is 5.32 Å². The Morgan fingerprint density at radius 1 is 1.25 bits per heavy atom. The number of thiazole rings is 1. The first-order chi connectivity index (χ1) is 11.7. The quantitative estimate of drug-likeness (QED) is 0.565. The second-order valence-corrected chi connectivity index (χ2v) is 6.71. The van der Waals surface area contributed by atoms with Crippen LogP contribution in [0.25, 0.3) is 22.7 Å². The predicted octanol–water partition coefficient (Wildman–Crippen LogP) is 4.32. The minimum absolute atomic E-state index is 0.0777. The lowest BCUT2D eigenvalue weighted by molar-refractivity contribution is 0.474. The molecule has 0 unspecified atom stereocenters. The Bertz CT molecular complexity index is 981. The molecule has 0 amide bonds. The average Bonchev–Trinajstić information content (AvgIpc) is 3.18. The van der Waals surface area contributed by atoms with Gasteiger partial charge in [-0.25, -0.2) is 9.97 Å². The van der Waals surface area contributed by atoms with Crippen LogP contribution in [0.3, 0.4) is 0 Å². The maximum Gasteiger partial charge on any atom is 0.232 e. The van der Waals surface area contributed by atoms with Gasteiger partial charge in [0.05, 0.1) is 12.1 Å². The third kappa shape index (κ3) is 2.91. The molecule has 0 atom stereocenters. The average molecular weight is 359 g/mol. The van der Waals surface area contributed by atoms with Crippen LogP contribution in [0.5, 0.6) is 5.75 Å². The first kappa shape index (κ1) is 14.9. The van der Waals surface area contributed by atoms with E-state index in [2.05, 4.69) is 20.3 Å². The molecular weight excluding hydrogens is 348 g/mol. The van der Waals surface area contributed by atoms with Gasteiger partial charge in [0, 0.05) is 29.0 Å². The van der Waals surface area contributed by atoms with Gasteiger partial charge in [-0.2, -0.15) is 4.98 Å². The highest BCUT2D eigenvalue weighted by Gasteiger charge is 2.13. The van der Waals surface area contributed by atoms with Crippen molar-refractivity contribution in [2.45, 2.75) is 6.54 Å². The molecule has 24 heavy (non-hydrogen) atoms. The second-order valence-electron chi connectivity index (χ2n) is 5.01. The number of pyridine rings is 1. The number of fused-ring (bicyclic) bond motifs is 1. The van der Waals surface area contributed by atoms with Crippen molar-refractivity contribution < 1.29 is 9.52 Å². The van der Waals surface area contributed by atoms with E-state index in [0.717, 1.165) is 10.6 Å². The van der Waals surface area contributed by atoms with Crippen LogP contribution in [0, 0.1) is 0 Å². The molecule has 0 aliphatic rings. The Balaban J connectivity index is 1.57. The Hall–Kier alpha value is -2.64. The number of nitrogens with one attached hydrogen (secondary N) is 1. The number of phenolic OH excluding ortho intramolecular Hbond substituents is 1. The van der Waals surface area contributed by atoms with Gasteiger partial charge in [-0.05, 0) is 24.3 Å². The van der Waals surface area contributed by atoms with Crippen molar-refractivity contribution in [2.75, 3.05) is 5.32 Å². The number of aromatic hydroxyl groups is 1. The predicted molar refractivity (Wildman–Crippen MR) is 93.4 cm³/mol. The van der Waals surface area contributed by atoms with E-state index >= 15 is 0 Å². The van der Waals surface area contributed by atoms with Crippen LogP contribution in [0.2, 0.25) is 4.47 Å². The lowest BCUT2D eigenvalue weighted by Crippen LogP contribution is -1.97. The molecule has 2 N–H and O–H groups in total. The molecule has 1 aromatic carbocycles. The molecule has 0 aliphatic carbocycles. The molecule has 120 valence electrons. The molecular formula is C16H11ClN4O2S. The van der Waals surface area contributed by atoms with E-state index in [1.165, 1.54) is 11.3 Å². The molecule has 8 heteroatoms. The van der Waals surface area contributed by atoms with E-state index in [-0.39, 0.29) is 5.75 Å². The molecule has 3 heterocycles. The molecule has 3 aromatic heterocycles. The SMILES string of the molecule is Oc1cc(NCc2cnc(Cl)s2)ccc1-c1nc2ncccc2o1. The van der Waals surface area contributed by atoms with E-state index in [4.69, 9.17) is 16.0 Å². The third-order valence-corrected chi connectivity index (χ3v) is 4.50. The van der Waals surface area contributed by atoms with E-state index < -0.39 is 0 Å². The Morgan fingerprint density at radius 3 is 2.92 bits per heavy atom. The largest absolute Gasteiger partial charge is 0.507 e. The van der Waals surface area contributed by atoms with Crippen molar-refractivity contribution in [1.82, 2.24) is 15.0 Å². The molecule has 0 saturated carbocycles. The van der Waals surface area contributed by atoms with Gasteiger partial charge >= 0.3 is 0 Å². The first-order valence-corrected chi connectivity index (χ1v) is 8.27. The normalized spacial score (nSPS) is 11.0. The number of oxazole rings is 1. The molecule has 0 bridgehead atoms. The number of hydrogen-bond acceptors (Lipinski definition) is 7.